The molecule has 0 radical (unpaired) electrons. The van der Waals surface area contributed by atoms with Gasteiger partial charge in [-0.15, -0.1) is 0 Å². The van der Waals surface area contributed by atoms with E-state index < -0.39 is 11.6 Å². The normalized spacial score (nSPS) is 19.6. The second-order valence-corrected chi connectivity index (χ2v) is 4.63. The molecule has 82 valence electrons. The first-order valence-corrected chi connectivity index (χ1v) is 5.40. The van der Waals surface area contributed by atoms with Gasteiger partial charge in [0, 0.05) is 0 Å². The van der Waals surface area contributed by atoms with Crippen LogP contribution < -0.4 is 0 Å². The highest BCUT2D eigenvalue weighted by Crippen LogP contribution is 2.25. The molecule has 0 heterocycles. The molecule has 1 N–H and O–H groups in total. The van der Waals surface area contributed by atoms with Crippen LogP contribution in [-0.4, -0.2) is 23.3 Å². The summed E-state index contributed by atoms with van der Waals surface area (Å²) in [5.41, 5.74) is -1.03. The smallest absolute Gasteiger partial charge is 0.335 e. The highest BCUT2D eigenvalue weighted by molar-refractivity contribution is 5.76. The van der Waals surface area contributed by atoms with Gasteiger partial charge < -0.3 is 9.84 Å². The van der Waals surface area contributed by atoms with E-state index in [0.717, 1.165) is 0 Å². The zero-order valence-corrected chi connectivity index (χ0v) is 9.08. The van der Waals surface area contributed by atoms with Gasteiger partial charge in [-0.1, -0.05) is 19.3 Å². The minimum atomic E-state index is -1.03. The van der Waals surface area contributed by atoms with Gasteiger partial charge in [0.05, 0.1) is 6.61 Å². The van der Waals surface area contributed by atoms with Crippen molar-refractivity contribution in [1.29, 1.82) is 0 Å². The molecule has 1 aliphatic rings. The van der Waals surface area contributed by atoms with E-state index in [1.807, 2.05) is 0 Å². The lowest BCUT2D eigenvalue weighted by atomic mass is 9.90. The summed E-state index contributed by atoms with van der Waals surface area (Å²) in [6.45, 7) is 3.82. The number of aliphatic carboxylic acids is 1. The van der Waals surface area contributed by atoms with Crippen LogP contribution in [0.25, 0.3) is 0 Å². The zero-order valence-electron chi connectivity index (χ0n) is 9.08. The third-order valence-corrected chi connectivity index (χ3v) is 2.92. The first kappa shape index (κ1) is 11.5. The van der Waals surface area contributed by atoms with E-state index in [2.05, 4.69) is 0 Å². The summed E-state index contributed by atoms with van der Waals surface area (Å²) in [5.74, 6) is -0.310. The largest absolute Gasteiger partial charge is 0.479 e. The lowest BCUT2D eigenvalue weighted by molar-refractivity contribution is -0.163. The van der Waals surface area contributed by atoms with Crippen molar-refractivity contribution in [3.05, 3.63) is 0 Å². The van der Waals surface area contributed by atoms with E-state index in [9.17, 15) is 4.79 Å². The highest BCUT2D eigenvalue weighted by atomic mass is 16.5. The SMILES string of the molecule is CC(C)(OCC1CCCCC1)C(=O)O. The predicted octanol–water partition coefficient (Wildman–Crippen LogP) is 2.45. The third-order valence-electron chi connectivity index (χ3n) is 2.92. The summed E-state index contributed by atoms with van der Waals surface area (Å²) in [5, 5.41) is 8.85. The van der Waals surface area contributed by atoms with Gasteiger partial charge in [0.25, 0.3) is 0 Å². The van der Waals surface area contributed by atoms with Crippen LogP contribution in [0.3, 0.4) is 0 Å². The van der Waals surface area contributed by atoms with Gasteiger partial charge in [0.2, 0.25) is 0 Å². The first-order valence-electron chi connectivity index (χ1n) is 5.40. The van der Waals surface area contributed by atoms with Crippen molar-refractivity contribution in [2.45, 2.75) is 51.6 Å². The summed E-state index contributed by atoms with van der Waals surface area (Å²) >= 11 is 0. The summed E-state index contributed by atoms with van der Waals surface area (Å²) < 4.78 is 5.43. The van der Waals surface area contributed by atoms with Gasteiger partial charge in [0.15, 0.2) is 5.60 Å². The minimum Gasteiger partial charge on any atom is -0.479 e. The quantitative estimate of drug-likeness (QED) is 0.758. The molecule has 14 heavy (non-hydrogen) atoms. The highest BCUT2D eigenvalue weighted by Gasteiger charge is 2.29. The molecule has 0 spiro atoms. The van der Waals surface area contributed by atoms with E-state index in [1.165, 1.54) is 32.1 Å². The van der Waals surface area contributed by atoms with Gasteiger partial charge >= 0.3 is 5.97 Å². The van der Waals surface area contributed by atoms with Crippen LogP contribution in [0.1, 0.15) is 46.0 Å². The predicted molar refractivity (Wildman–Crippen MR) is 54.2 cm³/mol. The molecule has 0 saturated heterocycles. The molecule has 3 heteroatoms. The fourth-order valence-corrected chi connectivity index (χ4v) is 1.74. The molecule has 3 nitrogen and oxygen atoms in total. The monoisotopic (exact) mass is 200 g/mol. The topological polar surface area (TPSA) is 46.5 Å². The Morgan fingerprint density at radius 3 is 2.43 bits per heavy atom. The second-order valence-electron chi connectivity index (χ2n) is 4.63. The Bertz CT molecular complexity index is 193. The van der Waals surface area contributed by atoms with Crippen molar-refractivity contribution in [3.63, 3.8) is 0 Å². The molecule has 1 rings (SSSR count). The Morgan fingerprint density at radius 1 is 1.36 bits per heavy atom. The number of hydrogen-bond acceptors (Lipinski definition) is 2. The van der Waals surface area contributed by atoms with Crippen LogP contribution >= 0.6 is 0 Å². The van der Waals surface area contributed by atoms with Gasteiger partial charge in [-0.25, -0.2) is 4.79 Å². The molecular formula is C11H20O3. The summed E-state index contributed by atoms with van der Waals surface area (Å²) in [7, 11) is 0. The number of carboxylic acid groups (broad SMARTS) is 1. The third kappa shape index (κ3) is 3.29. The Kier molecular flexibility index (Phi) is 3.93. The second kappa shape index (κ2) is 4.78. The molecule has 0 bridgehead atoms. The molecule has 1 fully saturated rings. The molecular weight excluding hydrogens is 180 g/mol. The van der Waals surface area contributed by atoms with Crippen molar-refractivity contribution in [2.75, 3.05) is 6.61 Å². The molecule has 1 aliphatic carbocycles. The number of ether oxygens (including phenoxy) is 1. The number of carboxylic acids is 1. The molecule has 0 unspecified atom stereocenters. The van der Waals surface area contributed by atoms with Gasteiger partial charge in [0.1, 0.15) is 0 Å². The van der Waals surface area contributed by atoms with Crippen LogP contribution in [-0.2, 0) is 9.53 Å². The molecule has 0 aromatic rings. The van der Waals surface area contributed by atoms with E-state index in [-0.39, 0.29) is 0 Å². The number of hydrogen-bond donors (Lipinski definition) is 1. The maximum atomic E-state index is 10.8. The van der Waals surface area contributed by atoms with Crippen LogP contribution in [0.5, 0.6) is 0 Å². The lowest BCUT2D eigenvalue weighted by Gasteiger charge is -2.26. The van der Waals surface area contributed by atoms with Crippen molar-refractivity contribution in [3.8, 4) is 0 Å². The molecule has 1 saturated carbocycles. The van der Waals surface area contributed by atoms with Gasteiger partial charge in [-0.05, 0) is 32.6 Å². The van der Waals surface area contributed by atoms with Gasteiger partial charge in [-0.2, -0.15) is 0 Å². The Morgan fingerprint density at radius 2 is 1.93 bits per heavy atom. The number of carbonyl (C=O) groups is 1. The van der Waals surface area contributed by atoms with Gasteiger partial charge in [-0.3, -0.25) is 0 Å². The molecule has 0 atom stereocenters. The molecule has 0 amide bonds. The fourth-order valence-electron chi connectivity index (χ4n) is 1.74. The summed E-state index contributed by atoms with van der Waals surface area (Å²) in [4.78, 5) is 10.8. The molecule has 0 aromatic carbocycles. The molecule has 0 aromatic heterocycles. The van der Waals surface area contributed by atoms with E-state index in [1.54, 1.807) is 13.8 Å². The molecule has 0 aliphatic heterocycles. The fraction of sp³-hybridized carbons (Fsp3) is 0.909. The maximum Gasteiger partial charge on any atom is 0.335 e. The minimum absolute atomic E-state index is 0.572. The average Bonchev–Trinajstić information content (AvgIpc) is 2.16. The Hall–Kier alpha value is -0.570. The van der Waals surface area contributed by atoms with E-state index >= 15 is 0 Å². The van der Waals surface area contributed by atoms with Crippen molar-refractivity contribution in [1.82, 2.24) is 0 Å². The zero-order chi connectivity index (χ0) is 10.6. The van der Waals surface area contributed by atoms with E-state index in [4.69, 9.17) is 9.84 Å². The van der Waals surface area contributed by atoms with Crippen LogP contribution in [0, 0.1) is 5.92 Å². The first-order chi connectivity index (χ1) is 6.52. The maximum absolute atomic E-state index is 10.8. The van der Waals surface area contributed by atoms with Crippen LogP contribution in [0.4, 0.5) is 0 Å². The van der Waals surface area contributed by atoms with Crippen molar-refractivity contribution in [2.24, 2.45) is 5.92 Å². The average molecular weight is 200 g/mol. The standard InChI is InChI=1S/C11H20O3/c1-11(2,10(12)13)14-8-9-6-4-3-5-7-9/h9H,3-8H2,1-2H3,(H,12,13). The Balaban J connectivity index is 2.28. The van der Waals surface area contributed by atoms with Crippen LogP contribution in [0.15, 0.2) is 0 Å². The van der Waals surface area contributed by atoms with Crippen LogP contribution in [0.2, 0.25) is 0 Å². The van der Waals surface area contributed by atoms with Crippen molar-refractivity contribution >= 4 is 5.97 Å². The summed E-state index contributed by atoms with van der Waals surface area (Å²) in [6, 6.07) is 0. The summed E-state index contributed by atoms with van der Waals surface area (Å²) in [6.07, 6.45) is 6.23. The lowest BCUT2D eigenvalue weighted by Crippen LogP contribution is -2.36. The number of rotatable bonds is 4. The van der Waals surface area contributed by atoms with Crippen molar-refractivity contribution < 1.29 is 14.6 Å². The Labute approximate surface area is 85.5 Å². The van der Waals surface area contributed by atoms with E-state index in [0.29, 0.717) is 12.5 Å².